The van der Waals surface area contributed by atoms with Crippen molar-refractivity contribution in [2.75, 3.05) is 6.61 Å². The van der Waals surface area contributed by atoms with Gasteiger partial charge in [-0.05, 0) is 37.5 Å². The van der Waals surface area contributed by atoms with E-state index in [1.807, 2.05) is 25.1 Å². The monoisotopic (exact) mass is 223 g/mol. The fourth-order valence-corrected chi connectivity index (χ4v) is 1.60. The first-order valence-electron chi connectivity index (χ1n) is 5.06. The zero-order chi connectivity index (χ0) is 11.1. The lowest BCUT2D eigenvalue weighted by molar-refractivity contribution is 0.340. The summed E-state index contributed by atoms with van der Waals surface area (Å²) in [5, 5.41) is 9.06. The molecule has 0 atom stereocenters. The van der Waals surface area contributed by atoms with Gasteiger partial charge in [0.05, 0.1) is 17.7 Å². The minimum absolute atomic E-state index is 0.588. The minimum atomic E-state index is 0.588. The zero-order valence-electron chi connectivity index (χ0n) is 8.79. The molecule has 0 fully saturated rings. The first-order chi connectivity index (χ1) is 7.27. The molecule has 0 radical (unpaired) electrons. The molecule has 1 aromatic rings. The SMILES string of the molecule is CCOc1ccc(CCCC#N)cc1Cl. The molecule has 0 unspecified atom stereocenters. The second-order valence-electron chi connectivity index (χ2n) is 3.21. The average Bonchev–Trinajstić information content (AvgIpc) is 2.23. The van der Waals surface area contributed by atoms with Crippen LogP contribution < -0.4 is 4.74 Å². The Hall–Kier alpha value is -1.20. The molecule has 3 heteroatoms. The molecule has 0 aromatic heterocycles. The number of aryl methyl sites for hydroxylation is 1. The first kappa shape index (κ1) is 11.9. The van der Waals surface area contributed by atoms with Gasteiger partial charge in [-0.3, -0.25) is 0 Å². The highest BCUT2D eigenvalue weighted by Crippen LogP contribution is 2.25. The van der Waals surface area contributed by atoms with Crippen LogP contribution in [0.25, 0.3) is 0 Å². The average molecular weight is 224 g/mol. The number of nitrogens with zero attached hydrogens (tertiary/aromatic N) is 1. The van der Waals surface area contributed by atoms with Gasteiger partial charge < -0.3 is 4.74 Å². The van der Waals surface area contributed by atoms with Crippen LogP contribution in [0.5, 0.6) is 5.75 Å². The van der Waals surface area contributed by atoms with Crippen LogP contribution >= 0.6 is 11.6 Å². The van der Waals surface area contributed by atoms with Gasteiger partial charge in [0.25, 0.3) is 0 Å². The summed E-state index contributed by atoms with van der Waals surface area (Å²) in [5.74, 6) is 0.725. The van der Waals surface area contributed by atoms with E-state index in [1.54, 1.807) is 0 Å². The molecule has 15 heavy (non-hydrogen) atoms. The van der Waals surface area contributed by atoms with Crippen molar-refractivity contribution in [2.45, 2.75) is 26.2 Å². The van der Waals surface area contributed by atoms with Crippen LogP contribution in [0.2, 0.25) is 5.02 Å². The van der Waals surface area contributed by atoms with Gasteiger partial charge in [0, 0.05) is 6.42 Å². The van der Waals surface area contributed by atoms with Gasteiger partial charge in [-0.15, -0.1) is 0 Å². The van der Waals surface area contributed by atoms with Gasteiger partial charge in [0.15, 0.2) is 0 Å². The predicted molar refractivity (Wildman–Crippen MR) is 61.2 cm³/mol. The summed E-state index contributed by atoms with van der Waals surface area (Å²) < 4.78 is 5.33. The zero-order valence-corrected chi connectivity index (χ0v) is 9.55. The third kappa shape index (κ3) is 3.81. The number of hydrogen-bond donors (Lipinski definition) is 0. The highest BCUT2D eigenvalue weighted by Gasteiger charge is 2.02. The molecule has 0 saturated heterocycles. The van der Waals surface area contributed by atoms with Crippen LogP contribution in [-0.4, -0.2) is 6.61 Å². The summed E-state index contributed by atoms with van der Waals surface area (Å²) in [6.45, 7) is 2.55. The summed E-state index contributed by atoms with van der Waals surface area (Å²) in [6.07, 6.45) is 2.35. The Bertz CT molecular complexity index is 357. The van der Waals surface area contributed by atoms with Gasteiger partial charge in [-0.1, -0.05) is 17.7 Å². The summed E-state index contributed by atoms with van der Waals surface area (Å²) >= 11 is 6.03. The highest BCUT2D eigenvalue weighted by atomic mass is 35.5. The number of rotatable bonds is 5. The van der Waals surface area contributed by atoms with Crippen molar-refractivity contribution in [1.82, 2.24) is 0 Å². The summed E-state index contributed by atoms with van der Waals surface area (Å²) in [4.78, 5) is 0. The van der Waals surface area contributed by atoms with Crippen molar-refractivity contribution >= 4 is 11.6 Å². The maximum atomic E-state index is 8.42. The van der Waals surface area contributed by atoms with Gasteiger partial charge in [-0.25, -0.2) is 0 Å². The van der Waals surface area contributed by atoms with Crippen LogP contribution in [0.15, 0.2) is 18.2 Å². The van der Waals surface area contributed by atoms with E-state index < -0.39 is 0 Å². The quantitative estimate of drug-likeness (QED) is 0.715. The van der Waals surface area contributed by atoms with E-state index in [9.17, 15) is 0 Å². The van der Waals surface area contributed by atoms with Gasteiger partial charge in [-0.2, -0.15) is 5.26 Å². The molecule has 0 saturated carbocycles. The van der Waals surface area contributed by atoms with E-state index in [0.717, 1.165) is 24.2 Å². The lowest BCUT2D eigenvalue weighted by atomic mass is 10.1. The lowest BCUT2D eigenvalue weighted by Gasteiger charge is -2.07. The maximum Gasteiger partial charge on any atom is 0.137 e. The Morgan fingerprint density at radius 2 is 2.27 bits per heavy atom. The van der Waals surface area contributed by atoms with E-state index in [0.29, 0.717) is 18.1 Å². The predicted octanol–water partition coefficient (Wildman–Crippen LogP) is 3.58. The standard InChI is InChI=1S/C12H14ClNO/c1-2-15-12-7-6-10(9-11(12)13)5-3-4-8-14/h6-7,9H,2-5H2,1H3. The van der Waals surface area contributed by atoms with Crippen LogP contribution in [0, 0.1) is 11.3 Å². The summed E-state index contributed by atoms with van der Waals surface area (Å²) in [5.41, 5.74) is 1.15. The Morgan fingerprint density at radius 3 is 2.87 bits per heavy atom. The number of halogens is 1. The van der Waals surface area contributed by atoms with E-state index in [1.165, 1.54) is 0 Å². The summed E-state index contributed by atoms with van der Waals surface area (Å²) in [7, 11) is 0. The minimum Gasteiger partial charge on any atom is -0.492 e. The van der Waals surface area contributed by atoms with Crippen molar-refractivity contribution in [3.63, 3.8) is 0 Å². The van der Waals surface area contributed by atoms with Crippen LogP contribution in [0.4, 0.5) is 0 Å². The van der Waals surface area contributed by atoms with Crippen molar-refractivity contribution in [3.05, 3.63) is 28.8 Å². The van der Waals surface area contributed by atoms with E-state index in [-0.39, 0.29) is 0 Å². The highest BCUT2D eigenvalue weighted by molar-refractivity contribution is 6.32. The smallest absolute Gasteiger partial charge is 0.137 e. The molecule has 0 heterocycles. The molecule has 0 bridgehead atoms. The molecule has 1 rings (SSSR count). The van der Waals surface area contributed by atoms with Crippen LogP contribution in [0.3, 0.4) is 0 Å². The first-order valence-corrected chi connectivity index (χ1v) is 5.44. The number of nitriles is 1. The van der Waals surface area contributed by atoms with Crippen molar-refractivity contribution in [2.24, 2.45) is 0 Å². The molecule has 0 N–H and O–H groups in total. The van der Waals surface area contributed by atoms with Crippen molar-refractivity contribution in [1.29, 1.82) is 5.26 Å². The summed E-state index contributed by atoms with van der Waals surface area (Å²) in [6, 6.07) is 7.91. The van der Waals surface area contributed by atoms with Gasteiger partial charge in [0.1, 0.15) is 5.75 Å². The Kier molecular flexibility index (Phi) is 5.00. The Balaban J connectivity index is 2.61. The molecule has 80 valence electrons. The van der Waals surface area contributed by atoms with Crippen LogP contribution in [0.1, 0.15) is 25.3 Å². The van der Waals surface area contributed by atoms with Gasteiger partial charge in [0.2, 0.25) is 0 Å². The number of benzene rings is 1. The van der Waals surface area contributed by atoms with E-state index in [4.69, 9.17) is 21.6 Å². The third-order valence-corrected chi connectivity index (χ3v) is 2.35. The third-order valence-electron chi connectivity index (χ3n) is 2.05. The second-order valence-corrected chi connectivity index (χ2v) is 3.62. The van der Waals surface area contributed by atoms with Crippen LogP contribution in [-0.2, 0) is 6.42 Å². The molecule has 0 aliphatic heterocycles. The molecular weight excluding hydrogens is 210 g/mol. The molecule has 2 nitrogen and oxygen atoms in total. The number of hydrogen-bond acceptors (Lipinski definition) is 2. The normalized spacial score (nSPS) is 9.67. The largest absolute Gasteiger partial charge is 0.492 e. The lowest BCUT2D eigenvalue weighted by Crippen LogP contribution is -1.93. The molecule has 0 spiro atoms. The van der Waals surface area contributed by atoms with Crippen molar-refractivity contribution < 1.29 is 4.74 Å². The second kappa shape index (κ2) is 6.31. The molecule has 0 aliphatic rings. The fraction of sp³-hybridized carbons (Fsp3) is 0.417. The molecule has 0 amide bonds. The van der Waals surface area contributed by atoms with Gasteiger partial charge >= 0.3 is 0 Å². The number of ether oxygens (including phenoxy) is 1. The van der Waals surface area contributed by atoms with E-state index >= 15 is 0 Å². The molecular formula is C12H14ClNO. The number of unbranched alkanes of at least 4 members (excludes halogenated alkanes) is 1. The Morgan fingerprint density at radius 1 is 1.47 bits per heavy atom. The fourth-order valence-electron chi connectivity index (χ4n) is 1.34. The topological polar surface area (TPSA) is 33.0 Å². The molecule has 1 aromatic carbocycles. The Labute approximate surface area is 95.4 Å². The van der Waals surface area contributed by atoms with Crippen molar-refractivity contribution in [3.8, 4) is 11.8 Å². The van der Waals surface area contributed by atoms with E-state index in [2.05, 4.69) is 6.07 Å². The maximum absolute atomic E-state index is 8.42. The molecule has 0 aliphatic carbocycles.